The number of benzene rings is 1. The van der Waals surface area contributed by atoms with Crippen molar-refractivity contribution >= 4 is 17.4 Å². The van der Waals surface area contributed by atoms with Gasteiger partial charge in [0.15, 0.2) is 17.4 Å². The first kappa shape index (κ1) is 26.0. The molecule has 0 spiro atoms. The molecule has 0 aliphatic heterocycles. The lowest BCUT2D eigenvalue weighted by Crippen LogP contribution is -2.17. The molecule has 0 aromatic heterocycles. The highest BCUT2D eigenvalue weighted by Crippen LogP contribution is 2.32. The monoisotopic (exact) mass is 431 g/mol. The molecular weight excluding hydrogens is 392 g/mol. The van der Waals surface area contributed by atoms with Crippen LogP contribution in [0.1, 0.15) is 82.8 Å². The molecule has 0 radical (unpaired) electrons. The first-order chi connectivity index (χ1) is 13.7. The summed E-state index contributed by atoms with van der Waals surface area (Å²) in [5, 5.41) is 0. The van der Waals surface area contributed by atoms with Crippen LogP contribution in [0, 0.1) is 25.5 Å². The number of thioether (sulfide) groups is 1. The number of nitrogens with two attached hydrogens (primary N) is 1. The third-order valence-corrected chi connectivity index (χ3v) is 6.76. The largest absolute Gasteiger partial charge is 0.488 e. The minimum atomic E-state index is -0.783. The van der Waals surface area contributed by atoms with E-state index < -0.39 is 11.6 Å². The van der Waals surface area contributed by atoms with Crippen molar-refractivity contribution in [1.82, 2.24) is 0 Å². The second-order valence-electron chi connectivity index (χ2n) is 8.10. The van der Waals surface area contributed by atoms with Gasteiger partial charge in [-0.15, -0.1) is 11.8 Å². The number of methoxy groups -OCH3 is 1. The van der Waals surface area contributed by atoms with E-state index in [9.17, 15) is 8.78 Å². The molecule has 0 saturated carbocycles. The summed E-state index contributed by atoms with van der Waals surface area (Å²) in [6.07, 6.45) is 10.4. The number of hydrogen-bond donors (Lipinski definition) is 1. The van der Waals surface area contributed by atoms with Gasteiger partial charge in [0.05, 0.1) is 12.3 Å². The van der Waals surface area contributed by atoms with Crippen molar-refractivity contribution in [2.75, 3.05) is 25.2 Å². The zero-order chi connectivity index (χ0) is 21.9. The summed E-state index contributed by atoms with van der Waals surface area (Å²) in [4.78, 5) is -0.0772. The van der Waals surface area contributed by atoms with Gasteiger partial charge in [0.1, 0.15) is 4.93 Å². The van der Waals surface area contributed by atoms with Crippen molar-refractivity contribution in [3.05, 3.63) is 22.8 Å². The van der Waals surface area contributed by atoms with E-state index in [-0.39, 0.29) is 16.4 Å². The van der Waals surface area contributed by atoms with E-state index >= 15 is 0 Å². The predicted octanol–water partition coefficient (Wildman–Crippen LogP) is 7.17. The molecule has 1 aromatic rings. The van der Waals surface area contributed by atoms with Gasteiger partial charge in [0.25, 0.3) is 0 Å². The Morgan fingerprint density at radius 2 is 1.34 bits per heavy atom. The Morgan fingerprint density at radius 3 is 1.90 bits per heavy atom. The van der Waals surface area contributed by atoms with Crippen molar-refractivity contribution < 1.29 is 18.3 Å². The van der Waals surface area contributed by atoms with E-state index in [1.54, 1.807) is 21.0 Å². The molecule has 0 bridgehead atoms. The summed E-state index contributed by atoms with van der Waals surface area (Å²) >= 11 is 1.87. The van der Waals surface area contributed by atoms with Crippen LogP contribution in [0.25, 0.3) is 0 Å². The number of halogens is 2. The van der Waals surface area contributed by atoms with Crippen LogP contribution in [-0.2, 0) is 4.74 Å². The van der Waals surface area contributed by atoms with Crippen molar-refractivity contribution in [1.29, 1.82) is 0 Å². The summed E-state index contributed by atoms with van der Waals surface area (Å²) < 4.78 is 39.0. The summed E-state index contributed by atoms with van der Waals surface area (Å²) in [5.41, 5.74) is 6.44. The van der Waals surface area contributed by atoms with Gasteiger partial charge >= 0.3 is 0 Å². The normalized spacial score (nSPS) is 11.8. The maximum atomic E-state index is 14.2. The molecule has 2 N–H and O–H groups in total. The second kappa shape index (κ2) is 13.3. The lowest BCUT2D eigenvalue weighted by molar-refractivity contribution is 0.103. The lowest BCUT2D eigenvalue weighted by Gasteiger charge is -2.21. The molecule has 0 amide bonds. The van der Waals surface area contributed by atoms with Gasteiger partial charge in [-0.25, -0.2) is 8.78 Å². The molecule has 6 heteroatoms. The number of hydrogen-bond acceptors (Lipinski definition) is 4. The molecule has 0 heterocycles. The number of anilines is 1. The average Bonchev–Trinajstić information content (AvgIpc) is 2.70. The maximum Gasteiger partial charge on any atom is 0.193 e. The Labute approximate surface area is 180 Å². The summed E-state index contributed by atoms with van der Waals surface area (Å²) in [5.74, 6) is -0.611. The van der Waals surface area contributed by atoms with Crippen LogP contribution in [0.2, 0.25) is 0 Å². The molecule has 168 valence electrons. The Balaban J connectivity index is 2.05. The topological polar surface area (TPSA) is 44.5 Å². The smallest absolute Gasteiger partial charge is 0.193 e. The molecule has 3 nitrogen and oxygen atoms in total. The first-order valence-corrected chi connectivity index (χ1v) is 11.8. The van der Waals surface area contributed by atoms with Gasteiger partial charge in [-0.2, -0.15) is 0 Å². The molecule has 0 saturated heterocycles. The van der Waals surface area contributed by atoms with E-state index in [1.165, 1.54) is 38.5 Å². The zero-order valence-corrected chi connectivity index (χ0v) is 19.7. The van der Waals surface area contributed by atoms with E-state index in [4.69, 9.17) is 15.2 Å². The van der Waals surface area contributed by atoms with Crippen molar-refractivity contribution in [2.45, 2.75) is 90.4 Å². The molecule has 29 heavy (non-hydrogen) atoms. The fourth-order valence-corrected chi connectivity index (χ4v) is 4.00. The van der Waals surface area contributed by atoms with Gasteiger partial charge in [0.2, 0.25) is 0 Å². The van der Waals surface area contributed by atoms with Crippen LogP contribution in [0.3, 0.4) is 0 Å². The van der Waals surface area contributed by atoms with Crippen LogP contribution in [0.5, 0.6) is 5.75 Å². The van der Waals surface area contributed by atoms with Crippen LogP contribution in [0.4, 0.5) is 14.5 Å². The van der Waals surface area contributed by atoms with E-state index in [1.807, 2.05) is 11.8 Å². The van der Waals surface area contributed by atoms with E-state index in [2.05, 4.69) is 13.8 Å². The van der Waals surface area contributed by atoms with Gasteiger partial charge in [-0.1, -0.05) is 44.9 Å². The quantitative estimate of drug-likeness (QED) is 0.182. The minimum absolute atomic E-state index is 0.0279. The molecule has 0 unspecified atom stereocenters. The van der Waals surface area contributed by atoms with Gasteiger partial charge in [-0.3, -0.25) is 0 Å². The highest BCUT2D eigenvalue weighted by Gasteiger charge is 2.20. The number of rotatable bonds is 15. The van der Waals surface area contributed by atoms with Crippen LogP contribution in [-0.4, -0.2) is 24.4 Å². The van der Waals surface area contributed by atoms with Gasteiger partial charge in [-0.05, 0) is 57.4 Å². The third-order valence-electron chi connectivity index (χ3n) is 5.41. The summed E-state index contributed by atoms with van der Waals surface area (Å²) in [7, 11) is 1.76. The first-order valence-electron chi connectivity index (χ1n) is 10.8. The Morgan fingerprint density at radius 1 is 0.828 bits per heavy atom. The molecule has 0 fully saturated rings. The summed E-state index contributed by atoms with van der Waals surface area (Å²) in [6, 6.07) is 0. The van der Waals surface area contributed by atoms with Crippen LogP contribution < -0.4 is 10.5 Å². The van der Waals surface area contributed by atoms with Crippen molar-refractivity contribution in [2.24, 2.45) is 0 Å². The van der Waals surface area contributed by atoms with Crippen molar-refractivity contribution in [3.63, 3.8) is 0 Å². The molecule has 0 aliphatic rings. The molecule has 0 atom stereocenters. The van der Waals surface area contributed by atoms with Gasteiger partial charge < -0.3 is 15.2 Å². The van der Waals surface area contributed by atoms with E-state index in [0.717, 1.165) is 25.0 Å². The lowest BCUT2D eigenvalue weighted by atomic mass is 10.1. The number of nitrogen functional groups attached to an aromatic ring is 1. The maximum absolute atomic E-state index is 14.2. The molecule has 1 aromatic carbocycles. The summed E-state index contributed by atoms with van der Waals surface area (Å²) in [6.45, 7) is 7.72. The predicted molar refractivity (Wildman–Crippen MR) is 121 cm³/mol. The Bertz CT molecular complexity index is 594. The Kier molecular flexibility index (Phi) is 12.0. The molecule has 1 rings (SSSR count). The van der Waals surface area contributed by atoms with E-state index in [0.29, 0.717) is 17.7 Å². The highest BCUT2D eigenvalue weighted by molar-refractivity contribution is 8.00. The zero-order valence-electron chi connectivity index (χ0n) is 18.8. The average molecular weight is 432 g/mol. The Hall–Kier alpha value is -1.01. The van der Waals surface area contributed by atoms with Crippen LogP contribution in [0.15, 0.2) is 0 Å². The number of ether oxygens (including phenoxy) is 2. The van der Waals surface area contributed by atoms with Crippen molar-refractivity contribution in [3.8, 4) is 5.75 Å². The molecular formula is C23H39F2NO2S. The van der Waals surface area contributed by atoms with Gasteiger partial charge in [0, 0.05) is 7.11 Å². The highest BCUT2D eigenvalue weighted by atomic mass is 32.2. The SMILES string of the molecule is COC(C)(C)SCCCCCCCCCCCOc1c(F)c(C)c(C)c(N)c1F. The standard InChI is InChI=1S/C23H39F2NO2S/c1-17-18(2)21(26)20(25)22(19(17)24)28-15-13-11-9-7-6-8-10-12-14-16-29-23(3,4)27-5/h6-16,26H2,1-5H3. The fraction of sp³-hybridized carbons (Fsp3) is 0.739. The van der Waals surface area contributed by atoms with Crippen LogP contribution >= 0.6 is 11.8 Å². The number of unbranched alkanes of at least 4 members (excludes halogenated alkanes) is 8. The second-order valence-corrected chi connectivity index (χ2v) is 9.78. The molecule has 0 aliphatic carbocycles. The minimum Gasteiger partial charge on any atom is -0.488 e. The third kappa shape index (κ3) is 9.12. The fourth-order valence-electron chi connectivity index (χ4n) is 3.04.